The van der Waals surface area contributed by atoms with Crippen LogP contribution in [0.1, 0.15) is 25.0 Å². The summed E-state index contributed by atoms with van der Waals surface area (Å²) in [6.07, 6.45) is -0.533. The number of carbonyl (C=O) groups excluding carboxylic acids is 2. The van der Waals surface area contributed by atoms with Crippen LogP contribution < -0.4 is 0 Å². The Labute approximate surface area is 94.2 Å². The van der Waals surface area contributed by atoms with Crippen molar-refractivity contribution in [3.05, 3.63) is 35.9 Å². The van der Waals surface area contributed by atoms with Crippen LogP contribution in [-0.4, -0.2) is 19.0 Å². The number of rotatable bonds is 6. The number of ether oxygens (including phenoxy) is 2. The number of esters is 1. The Morgan fingerprint density at radius 2 is 2.06 bits per heavy atom. The van der Waals surface area contributed by atoms with Crippen LogP contribution in [0, 0.1) is 0 Å². The monoisotopic (exact) mass is 222 g/mol. The molecule has 1 aromatic rings. The van der Waals surface area contributed by atoms with E-state index < -0.39 is 6.10 Å². The second-order valence-corrected chi connectivity index (χ2v) is 3.14. The molecule has 16 heavy (non-hydrogen) atoms. The third-order valence-electron chi connectivity index (χ3n) is 2.05. The lowest BCUT2D eigenvalue weighted by molar-refractivity contribution is -0.148. The zero-order valence-corrected chi connectivity index (χ0v) is 9.09. The second-order valence-electron chi connectivity index (χ2n) is 3.14. The van der Waals surface area contributed by atoms with E-state index in [1.165, 1.54) is 0 Å². The Kier molecular flexibility index (Phi) is 5.05. The third-order valence-corrected chi connectivity index (χ3v) is 2.05. The molecule has 0 spiro atoms. The fraction of sp³-hybridized carbons (Fsp3) is 0.333. The first kappa shape index (κ1) is 12.2. The van der Waals surface area contributed by atoms with Crippen LogP contribution >= 0.6 is 0 Å². The highest BCUT2D eigenvalue weighted by molar-refractivity contribution is 5.70. The first-order valence-corrected chi connectivity index (χ1v) is 5.07. The van der Waals surface area contributed by atoms with Crippen molar-refractivity contribution < 1.29 is 19.1 Å². The van der Waals surface area contributed by atoms with Gasteiger partial charge in [0, 0.05) is 0 Å². The highest BCUT2D eigenvalue weighted by Gasteiger charge is 2.17. The van der Waals surface area contributed by atoms with Crippen molar-refractivity contribution in [2.45, 2.75) is 19.4 Å². The van der Waals surface area contributed by atoms with Gasteiger partial charge in [0.25, 0.3) is 6.47 Å². The van der Waals surface area contributed by atoms with Gasteiger partial charge < -0.3 is 9.47 Å². The van der Waals surface area contributed by atoms with Crippen molar-refractivity contribution in [3.63, 3.8) is 0 Å². The van der Waals surface area contributed by atoms with E-state index in [9.17, 15) is 9.59 Å². The van der Waals surface area contributed by atoms with Crippen molar-refractivity contribution in [2.24, 2.45) is 0 Å². The molecule has 0 saturated carbocycles. The molecule has 0 fully saturated rings. The Morgan fingerprint density at radius 3 is 2.62 bits per heavy atom. The molecule has 1 aromatic carbocycles. The molecule has 86 valence electrons. The highest BCUT2D eigenvalue weighted by Crippen LogP contribution is 2.20. The van der Waals surface area contributed by atoms with Crippen LogP contribution in [0.25, 0.3) is 0 Å². The largest absolute Gasteiger partial charge is 0.466 e. The van der Waals surface area contributed by atoms with E-state index >= 15 is 0 Å². The Morgan fingerprint density at radius 1 is 1.38 bits per heavy atom. The van der Waals surface area contributed by atoms with Crippen LogP contribution in [0.15, 0.2) is 30.3 Å². The zero-order chi connectivity index (χ0) is 11.8. The molecule has 1 rings (SSSR count). The van der Waals surface area contributed by atoms with Crippen LogP contribution in [0.3, 0.4) is 0 Å². The molecule has 0 saturated heterocycles. The summed E-state index contributed by atoms with van der Waals surface area (Å²) in [5, 5.41) is 0. The molecule has 0 N–H and O–H groups in total. The van der Waals surface area contributed by atoms with Crippen LogP contribution in [0.2, 0.25) is 0 Å². The molecule has 0 aliphatic heterocycles. The van der Waals surface area contributed by atoms with E-state index in [2.05, 4.69) is 0 Å². The number of carbonyl (C=O) groups is 2. The first-order chi connectivity index (χ1) is 7.77. The predicted molar refractivity (Wildman–Crippen MR) is 57.6 cm³/mol. The Balaban J connectivity index is 2.68. The van der Waals surface area contributed by atoms with E-state index in [-0.39, 0.29) is 12.4 Å². The lowest BCUT2D eigenvalue weighted by atomic mass is 10.1. The summed E-state index contributed by atoms with van der Waals surface area (Å²) in [7, 11) is 0. The van der Waals surface area contributed by atoms with Crippen LogP contribution in [0.5, 0.6) is 0 Å². The summed E-state index contributed by atoms with van der Waals surface area (Å²) in [5.74, 6) is -0.377. The van der Waals surface area contributed by atoms with Crippen molar-refractivity contribution in [3.8, 4) is 0 Å². The molecule has 0 aliphatic carbocycles. The van der Waals surface area contributed by atoms with Gasteiger partial charge in [0.05, 0.1) is 13.0 Å². The van der Waals surface area contributed by atoms with Crippen molar-refractivity contribution in [1.82, 2.24) is 0 Å². The van der Waals surface area contributed by atoms with Gasteiger partial charge in [0.1, 0.15) is 6.10 Å². The SMILES string of the molecule is CCOC(=O)CC(OC=O)c1ccccc1. The fourth-order valence-corrected chi connectivity index (χ4v) is 1.35. The highest BCUT2D eigenvalue weighted by atomic mass is 16.5. The normalized spacial score (nSPS) is 11.6. The average Bonchev–Trinajstić information content (AvgIpc) is 2.30. The first-order valence-electron chi connectivity index (χ1n) is 5.07. The predicted octanol–water partition coefficient (Wildman–Crippen LogP) is 1.85. The summed E-state index contributed by atoms with van der Waals surface area (Å²) >= 11 is 0. The molecule has 4 heteroatoms. The number of hydrogen-bond acceptors (Lipinski definition) is 4. The second kappa shape index (κ2) is 6.61. The van der Waals surface area contributed by atoms with Crippen LogP contribution in [0.4, 0.5) is 0 Å². The van der Waals surface area contributed by atoms with E-state index in [1.54, 1.807) is 19.1 Å². The standard InChI is InChI=1S/C12H14O4/c1-2-15-12(14)8-11(16-9-13)10-6-4-3-5-7-10/h3-7,9,11H,2,8H2,1H3. The van der Waals surface area contributed by atoms with Gasteiger partial charge in [-0.15, -0.1) is 0 Å². The smallest absolute Gasteiger partial charge is 0.309 e. The number of benzene rings is 1. The van der Waals surface area contributed by atoms with E-state index in [4.69, 9.17) is 9.47 Å². The quantitative estimate of drug-likeness (QED) is 0.544. The van der Waals surface area contributed by atoms with Gasteiger partial charge in [0.2, 0.25) is 0 Å². The molecular formula is C12H14O4. The molecule has 0 bridgehead atoms. The molecular weight excluding hydrogens is 208 g/mol. The zero-order valence-electron chi connectivity index (χ0n) is 9.09. The van der Waals surface area contributed by atoms with Gasteiger partial charge in [-0.05, 0) is 12.5 Å². The maximum atomic E-state index is 11.3. The van der Waals surface area contributed by atoms with Crippen LogP contribution in [-0.2, 0) is 19.1 Å². The molecule has 0 aliphatic rings. The fourth-order valence-electron chi connectivity index (χ4n) is 1.35. The van der Waals surface area contributed by atoms with Gasteiger partial charge in [0.15, 0.2) is 0 Å². The van der Waals surface area contributed by atoms with Crippen molar-refractivity contribution >= 4 is 12.4 Å². The minimum Gasteiger partial charge on any atom is -0.466 e. The maximum absolute atomic E-state index is 11.3. The van der Waals surface area contributed by atoms with E-state index in [1.807, 2.05) is 18.2 Å². The Bertz CT molecular complexity index is 334. The molecule has 4 nitrogen and oxygen atoms in total. The van der Waals surface area contributed by atoms with Gasteiger partial charge in [-0.2, -0.15) is 0 Å². The summed E-state index contributed by atoms with van der Waals surface area (Å²) < 4.78 is 9.67. The summed E-state index contributed by atoms with van der Waals surface area (Å²) in [6.45, 7) is 2.40. The van der Waals surface area contributed by atoms with Crippen molar-refractivity contribution in [1.29, 1.82) is 0 Å². The van der Waals surface area contributed by atoms with Gasteiger partial charge in [-0.25, -0.2) is 0 Å². The van der Waals surface area contributed by atoms with Crippen molar-refractivity contribution in [2.75, 3.05) is 6.61 Å². The summed E-state index contributed by atoms with van der Waals surface area (Å²) in [4.78, 5) is 21.6. The molecule has 0 radical (unpaired) electrons. The average molecular weight is 222 g/mol. The molecule has 1 unspecified atom stereocenters. The van der Waals surface area contributed by atoms with Gasteiger partial charge in [-0.1, -0.05) is 30.3 Å². The summed E-state index contributed by atoms with van der Waals surface area (Å²) in [6, 6.07) is 9.09. The molecule has 0 aromatic heterocycles. The van der Waals surface area contributed by atoms with Gasteiger partial charge in [-0.3, -0.25) is 9.59 Å². The number of hydrogen-bond donors (Lipinski definition) is 0. The lowest BCUT2D eigenvalue weighted by Gasteiger charge is -2.14. The van der Waals surface area contributed by atoms with E-state index in [0.29, 0.717) is 13.1 Å². The minimum atomic E-state index is -0.572. The maximum Gasteiger partial charge on any atom is 0.309 e. The summed E-state index contributed by atoms with van der Waals surface area (Å²) in [5.41, 5.74) is 0.780. The lowest BCUT2D eigenvalue weighted by Crippen LogP contribution is -2.12. The van der Waals surface area contributed by atoms with E-state index in [0.717, 1.165) is 5.56 Å². The molecule has 1 atom stereocenters. The molecule has 0 heterocycles. The Hall–Kier alpha value is -1.84. The molecule has 0 amide bonds. The minimum absolute atomic E-state index is 0.0383. The third kappa shape index (κ3) is 3.73. The topological polar surface area (TPSA) is 52.6 Å². The van der Waals surface area contributed by atoms with Gasteiger partial charge >= 0.3 is 5.97 Å².